The molecule has 186 valence electrons. The number of nitro groups is 4. The van der Waals surface area contributed by atoms with E-state index in [9.17, 15) is 44.7 Å². The van der Waals surface area contributed by atoms with Crippen molar-refractivity contribution in [3.8, 4) is 5.75 Å². The first-order valence-corrected chi connectivity index (χ1v) is 11.0. The molecule has 16 heteroatoms. The molecule has 0 heterocycles. The van der Waals surface area contributed by atoms with E-state index in [1.807, 2.05) is 0 Å². The van der Waals surface area contributed by atoms with Gasteiger partial charge in [-0.15, -0.1) is 0 Å². The molecule has 1 atom stereocenters. The summed E-state index contributed by atoms with van der Waals surface area (Å²) in [5.41, 5.74) is -2.33. The lowest BCUT2D eigenvalue weighted by atomic mass is 10.0. The van der Waals surface area contributed by atoms with Gasteiger partial charge in [0.15, 0.2) is 5.75 Å². The van der Waals surface area contributed by atoms with Crippen LogP contribution >= 0.6 is 0 Å². The zero-order valence-electron chi connectivity index (χ0n) is 17.9. The van der Waals surface area contributed by atoms with Gasteiger partial charge in [0.25, 0.3) is 22.7 Å². The Labute approximate surface area is 203 Å². The highest BCUT2D eigenvalue weighted by Gasteiger charge is 2.27. The molecule has 0 spiro atoms. The molecule has 0 radical (unpaired) electrons. The number of hydrogen-bond acceptors (Lipinski definition) is 11. The first-order chi connectivity index (χ1) is 17.1. The van der Waals surface area contributed by atoms with Crippen molar-refractivity contribution in [3.63, 3.8) is 0 Å². The Morgan fingerprint density at radius 1 is 0.667 bits per heavy atom. The maximum absolute atomic E-state index is 12.3. The van der Waals surface area contributed by atoms with E-state index in [1.54, 1.807) is 0 Å². The Hall–Kier alpha value is -4.83. The summed E-state index contributed by atoms with van der Waals surface area (Å²) in [5.74, 6) is -0.769. The average Bonchev–Trinajstić information content (AvgIpc) is 2.82. The van der Waals surface area contributed by atoms with Crippen molar-refractivity contribution in [2.75, 3.05) is 0 Å². The summed E-state index contributed by atoms with van der Waals surface area (Å²) >= 11 is -2.40. The van der Waals surface area contributed by atoms with Crippen molar-refractivity contribution in [1.82, 2.24) is 0 Å². The van der Waals surface area contributed by atoms with E-state index in [4.69, 9.17) is 9.22 Å². The molecule has 0 saturated carbocycles. The van der Waals surface area contributed by atoms with E-state index in [0.717, 1.165) is 30.3 Å². The van der Waals surface area contributed by atoms with Crippen molar-refractivity contribution < 1.29 is 33.1 Å². The van der Waals surface area contributed by atoms with Crippen LogP contribution < -0.4 is 4.89 Å². The average molecular weight is 518 g/mol. The first kappa shape index (κ1) is 25.8. The SMILES string of the molecule is O=[N+]([O-])c1cccc([N+](=O)[O-])c1Cc1cccc(OOS(=O)Cc2c([N+](=O)[O-])cccc2[N+](=O)[O-])c1. The fourth-order valence-electron chi connectivity index (χ4n) is 3.27. The number of benzene rings is 3. The predicted molar refractivity (Wildman–Crippen MR) is 122 cm³/mol. The Kier molecular flexibility index (Phi) is 7.92. The summed E-state index contributed by atoms with van der Waals surface area (Å²) in [6.45, 7) is 0. The minimum Gasteiger partial charge on any atom is -0.323 e. The summed E-state index contributed by atoms with van der Waals surface area (Å²) in [5, 5.41) is 45.1. The van der Waals surface area contributed by atoms with Gasteiger partial charge in [0, 0.05) is 30.7 Å². The van der Waals surface area contributed by atoms with Gasteiger partial charge in [-0.2, -0.15) is 0 Å². The van der Waals surface area contributed by atoms with Gasteiger partial charge < -0.3 is 4.89 Å². The standard InChI is InChI=1S/C20H14N4O11S/c25-21(26)17-6-2-7-18(22(27)28)15(17)11-13-4-1-5-14(10-13)34-35-36(33)12-16-19(23(29)30)8-3-9-20(16)24(31)32/h1-10H,11-12H2. The van der Waals surface area contributed by atoms with E-state index in [2.05, 4.69) is 0 Å². The summed E-state index contributed by atoms with van der Waals surface area (Å²) in [6.07, 6.45) is -0.212. The van der Waals surface area contributed by atoms with Crippen LogP contribution in [-0.2, 0) is 27.6 Å². The monoisotopic (exact) mass is 518 g/mol. The van der Waals surface area contributed by atoms with Gasteiger partial charge >= 0.3 is 0 Å². The maximum Gasteiger partial charge on any atom is 0.280 e. The van der Waals surface area contributed by atoms with E-state index in [-0.39, 0.29) is 17.7 Å². The smallest absolute Gasteiger partial charge is 0.280 e. The highest BCUT2D eigenvalue weighted by molar-refractivity contribution is 7.79. The minimum absolute atomic E-state index is 0.0425. The fourth-order valence-corrected chi connectivity index (χ4v) is 4.00. The molecule has 0 aliphatic carbocycles. The molecule has 36 heavy (non-hydrogen) atoms. The van der Waals surface area contributed by atoms with Gasteiger partial charge in [0.1, 0.15) is 11.1 Å². The van der Waals surface area contributed by atoms with E-state index in [0.29, 0.717) is 5.56 Å². The topological polar surface area (TPSA) is 208 Å². The summed E-state index contributed by atoms with van der Waals surface area (Å²) in [4.78, 5) is 46.9. The highest BCUT2D eigenvalue weighted by Crippen LogP contribution is 2.32. The van der Waals surface area contributed by atoms with Crippen molar-refractivity contribution in [3.05, 3.63) is 118 Å². The molecule has 0 N–H and O–H groups in total. The Balaban J connectivity index is 1.78. The normalized spacial score (nSPS) is 11.4. The molecule has 0 fully saturated rings. The van der Waals surface area contributed by atoms with Crippen LogP contribution in [0.15, 0.2) is 60.7 Å². The number of nitrogens with zero attached hydrogens (tertiary/aromatic N) is 4. The van der Waals surface area contributed by atoms with Crippen LogP contribution in [0.1, 0.15) is 16.7 Å². The zero-order valence-corrected chi connectivity index (χ0v) is 18.7. The lowest BCUT2D eigenvalue weighted by molar-refractivity contribution is -0.395. The van der Waals surface area contributed by atoms with E-state index >= 15 is 0 Å². The van der Waals surface area contributed by atoms with Gasteiger partial charge in [-0.3, -0.25) is 40.5 Å². The third-order valence-corrected chi connectivity index (χ3v) is 5.53. The number of hydrogen-bond donors (Lipinski definition) is 0. The van der Waals surface area contributed by atoms with E-state index < -0.39 is 64.8 Å². The van der Waals surface area contributed by atoms with Gasteiger partial charge in [0.05, 0.1) is 25.4 Å². The van der Waals surface area contributed by atoms with Crippen molar-refractivity contribution in [2.45, 2.75) is 12.2 Å². The Bertz CT molecular complexity index is 1330. The largest absolute Gasteiger partial charge is 0.323 e. The molecule has 3 aromatic rings. The molecular weight excluding hydrogens is 504 g/mol. The second kappa shape index (κ2) is 11.1. The van der Waals surface area contributed by atoms with Gasteiger partial charge in [-0.05, 0) is 29.8 Å². The van der Waals surface area contributed by atoms with Crippen molar-refractivity contribution in [1.29, 1.82) is 0 Å². The first-order valence-electron chi connectivity index (χ1n) is 9.72. The summed E-state index contributed by atoms with van der Waals surface area (Å²) < 4.78 is 17.1. The highest BCUT2D eigenvalue weighted by atomic mass is 32.2. The van der Waals surface area contributed by atoms with Crippen LogP contribution in [0.2, 0.25) is 0 Å². The molecule has 0 aliphatic rings. The van der Waals surface area contributed by atoms with Gasteiger partial charge in [-0.1, -0.05) is 16.5 Å². The lowest BCUT2D eigenvalue weighted by Crippen LogP contribution is -2.08. The molecule has 0 aliphatic heterocycles. The number of rotatable bonds is 11. The van der Waals surface area contributed by atoms with E-state index in [1.165, 1.54) is 30.3 Å². The van der Waals surface area contributed by atoms with Crippen LogP contribution in [0.3, 0.4) is 0 Å². The Morgan fingerprint density at radius 2 is 1.11 bits per heavy atom. The van der Waals surface area contributed by atoms with Crippen molar-refractivity contribution in [2.24, 2.45) is 0 Å². The predicted octanol–water partition coefficient (Wildman–Crippen LogP) is 4.08. The fraction of sp³-hybridized carbons (Fsp3) is 0.100. The molecule has 0 aromatic heterocycles. The lowest BCUT2D eigenvalue weighted by Gasteiger charge is -2.08. The third kappa shape index (κ3) is 5.99. The van der Waals surface area contributed by atoms with Gasteiger partial charge in [0.2, 0.25) is 11.1 Å². The second-order valence-electron chi connectivity index (χ2n) is 7.00. The molecule has 3 rings (SSSR count). The molecule has 3 aromatic carbocycles. The third-order valence-electron chi connectivity index (χ3n) is 4.79. The molecule has 0 saturated heterocycles. The molecule has 0 bridgehead atoms. The van der Waals surface area contributed by atoms with Crippen LogP contribution in [-0.4, -0.2) is 23.9 Å². The van der Waals surface area contributed by atoms with Crippen LogP contribution in [0.5, 0.6) is 5.75 Å². The van der Waals surface area contributed by atoms with Crippen molar-refractivity contribution >= 4 is 33.8 Å². The van der Waals surface area contributed by atoms with Crippen LogP contribution in [0.4, 0.5) is 22.7 Å². The second-order valence-corrected chi connectivity index (χ2v) is 8.03. The molecule has 15 nitrogen and oxygen atoms in total. The minimum atomic E-state index is -2.40. The number of nitro benzene ring substituents is 4. The summed E-state index contributed by atoms with van der Waals surface area (Å²) in [7, 11) is 0. The van der Waals surface area contributed by atoms with Crippen LogP contribution in [0.25, 0.3) is 0 Å². The maximum atomic E-state index is 12.3. The molecule has 1 unspecified atom stereocenters. The Morgan fingerprint density at radius 3 is 1.58 bits per heavy atom. The zero-order chi connectivity index (χ0) is 26.4. The molecular formula is C20H14N4O11S. The quantitative estimate of drug-likeness (QED) is 0.200. The molecule has 0 amide bonds. The van der Waals surface area contributed by atoms with Gasteiger partial charge in [-0.25, -0.2) is 4.21 Å². The van der Waals surface area contributed by atoms with Crippen LogP contribution in [0, 0.1) is 40.5 Å². The summed E-state index contributed by atoms with van der Waals surface area (Å²) in [6, 6.07) is 12.3.